The van der Waals surface area contributed by atoms with Crippen molar-refractivity contribution in [1.82, 2.24) is 14.9 Å². The van der Waals surface area contributed by atoms with E-state index >= 15 is 0 Å². The smallest absolute Gasteiger partial charge is 0.259 e. The van der Waals surface area contributed by atoms with Crippen molar-refractivity contribution in [2.75, 3.05) is 13.2 Å². The number of rotatable bonds is 4. The Morgan fingerprint density at radius 3 is 3.00 bits per heavy atom. The summed E-state index contributed by atoms with van der Waals surface area (Å²) in [5.74, 6) is 0.388. The molecule has 1 fully saturated rings. The number of pyridine rings is 1. The zero-order valence-corrected chi connectivity index (χ0v) is 15.5. The number of carbonyl (C=O) groups excluding carboxylic acids is 1. The maximum atomic E-state index is 13.3. The Hall–Kier alpha value is -2.47. The molecule has 6 heteroatoms. The normalized spacial score (nSPS) is 17.4. The van der Waals surface area contributed by atoms with Gasteiger partial charge in [-0.1, -0.05) is 12.1 Å². The lowest BCUT2D eigenvalue weighted by atomic mass is 10.0. The number of amides is 1. The van der Waals surface area contributed by atoms with E-state index in [9.17, 15) is 4.79 Å². The first-order valence-corrected chi connectivity index (χ1v) is 9.84. The van der Waals surface area contributed by atoms with Gasteiger partial charge in [0, 0.05) is 12.7 Å². The van der Waals surface area contributed by atoms with Crippen molar-refractivity contribution in [3.63, 3.8) is 0 Å². The quantitative estimate of drug-likeness (QED) is 0.683. The Labute approximate surface area is 156 Å². The number of hydrogen-bond donors (Lipinski definition) is 0. The van der Waals surface area contributed by atoms with E-state index in [0.717, 1.165) is 41.0 Å². The molecule has 0 spiro atoms. The highest BCUT2D eigenvalue weighted by atomic mass is 32.1. The minimum absolute atomic E-state index is 0.0170. The van der Waals surface area contributed by atoms with Gasteiger partial charge in [-0.25, -0.2) is 9.97 Å². The minimum atomic E-state index is -0.0227. The molecule has 1 aromatic carbocycles. The molecule has 3 aromatic rings. The van der Waals surface area contributed by atoms with Crippen LogP contribution in [0.5, 0.6) is 5.88 Å². The fourth-order valence-electron chi connectivity index (χ4n) is 3.42. The number of fused-ring (bicyclic) bond motifs is 1. The lowest BCUT2D eigenvalue weighted by molar-refractivity contribution is 0.0606. The number of hydrogen-bond acceptors (Lipinski definition) is 5. The largest absolute Gasteiger partial charge is 0.477 e. The summed E-state index contributed by atoms with van der Waals surface area (Å²) in [5.41, 5.74) is 1.53. The summed E-state index contributed by atoms with van der Waals surface area (Å²) >= 11 is 1.68. The molecule has 0 radical (unpaired) electrons. The highest BCUT2D eigenvalue weighted by molar-refractivity contribution is 7.18. The van der Waals surface area contributed by atoms with Crippen molar-refractivity contribution >= 4 is 27.5 Å². The highest BCUT2D eigenvalue weighted by Gasteiger charge is 2.32. The van der Waals surface area contributed by atoms with E-state index in [1.54, 1.807) is 29.7 Å². The average Bonchev–Trinajstić information content (AvgIpc) is 3.12. The SMILES string of the molecule is CCOc1ncccc1C(=O)N1CCCCC1c1nc2ccccc2s1. The van der Waals surface area contributed by atoms with Gasteiger partial charge < -0.3 is 9.64 Å². The Bertz CT molecular complexity index is 891. The van der Waals surface area contributed by atoms with Crippen LogP contribution in [0.4, 0.5) is 0 Å². The second-order valence-corrected chi connectivity index (χ2v) is 7.38. The van der Waals surface area contributed by atoms with Gasteiger partial charge in [0.2, 0.25) is 5.88 Å². The van der Waals surface area contributed by atoms with Gasteiger partial charge in [0.1, 0.15) is 10.6 Å². The molecule has 1 unspecified atom stereocenters. The van der Waals surface area contributed by atoms with E-state index in [4.69, 9.17) is 9.72 Å². The molecular formula is C20H21N3O2S. The summed E-state index contributed by atoms with van der Waals surface area (Å²) < 4.78 is 6.73. The maximum absolute atomic E-state index is 13.3. The molecule has 26 heavy (non-hydrogen) atoms. The fraction of sp³-hybridized carbons (Fsp3) is 0.350. The minimum Gasteiger partial charge on any atom is -0.477 e. The number of ether oxygens (including phenoxy) is 1. The topological polar surface area (TPSA) is 55.3 Å². The van der Waals surface area contributed by atoms with Crippen LogP contribution in [-0.4, -0.2) is 33.9 Å². The van der Waals surface area contributed by atoms with E-state index < -0.39 is 0 Å². The van der Waals surface area contributed by atoms with Gasteiger partial charge in [-0.2, -0.15) is 0 Å². The highest BCUT2D eigenvalue weighted by Crippen LogP contribution is 2.37. The van der Waals surface area contributed by atoms with Crippen LogP contribution in [0, 0.1) is 0 Å². The number of benzene rings is 1. The monoisotopic (exact) mass is 367 g/mol. The average molecular weight is 367 g/mol. The van der Waals surface area contributed by atoms with Crippen molar-refractivity contribution in [2.45, 2.75) is 32.2 Å². The molecule has 1 saturated heterocycles. The first kappa shape index (κ1) is 17.0. The Morgan fingerprint density at radius 1 is 1.27 bits per heavy atom. The van der Waals surface area contributed by atoms with Crippen molar-refractivity contribution in [3.8, 4) is 5.88 Å². The van der Waals surface area contributed by atoms with Gasteiger partial charge in [0.25, 0.3) is 5.91 Å². The van der Waals surface area contributed by atoms with Gasteiger partial charge >= 0.3 is 0 Å². The molecular weight excluding hydrogens is 346 g/mol. The van der Waals surface area contributed by atoms with Crippen LogP contribution in [0.25, 0.3) is 10.2 Å². The van der Waals surface area contributed by atoms with Crippen molar-refractivity contribution in [2.24, 2.45) is 0 Å². The molecule has 0 N–H and O–H groups in total. The number of carbonyl (C=O) groups is 1. The lowest BCUT2D eigenvalue weighted by Gasteiger charge is -2.34. The molecule has 0 saturated carbocycles. The van der Waals surface area contributed by atoms with Crippen molar-refractivity contribution < 1.29 is 9.53 Å². The van der Waals surface area contributed by atoms with Crippen LogP contribution in [0.1, 0.15) is 47.6 Å². The molecule has 0 aliphatic carbocycles. The van der Waals surface area contributed by atoms with Crippen molar-refractivity contribution in [1.29, 1.82) is 0 Å². The van der Waals surface area contributed by atoms with E-state index in [0.29, 0.717) is 18.1 Å². The van der Waals surface area contributed by atoms with Crippen LogP contribution >= 0.6 is 11.3 Å². The van der Waals surface area contributed by atoms with Gasteiger partial charge in [-0.05, 0) is 50.5 Å². The summed E-state index contributed by atoms with van der Waals surface area (Å²) in [4.78, 5) is 24.3. The molecule has 3 heterocycles. The first-order valence-electron chi connectivity index (χ1n) is 9.02. The third-order valence-electron chi connectivity index (χ3n) is 4.64. The number of thiazole rings is 1. The summed E-state index contributed by atoms with van der Waals surface area (Å²) in [5, 5.41) is 1.01. The second-order valence-electron chi connectivity index (χ2n) is 6.32. The fourth-order valence-corrected chi connectivity index (χ4v) is 4.54. The third kappa shape index (κ3) is 3.17. The molecule has 1 aliphatic heterocycles. The Morgan fingerprint density at radius 2 is 2.15 bits per heavy atom. The zero-order valence-electron chi connectivity index (χ0n) is 14.7. The standard InChI is InChI=1S/C20H21N3O2S/c1-2-25-18-14(8-7-12-21-18)20(24)23-13-6-5-10-16(23)19-22-15-9-3-4-11-17(15)26-19/h3-4,7-9,11-12,16H,2,5-6,10,13H2,1H3. The van der Waals surface area contributed by atoms with Crippen LogP contribution in [-0.2, 0) is 0 Å². The Kier molecular flexibility index (Phi) is 4.84. The number of piperidine rings is 1. The van der Waals surface area contributed by atoms with Gasteiger partial charge in [0.05, 0.1) is 22.9 Å². The Balaban J connectivity index is 1.68. The molecule has 1 aliphatic rings. The summed E-state index contributed by atoms with van der Waals surface area (Å²) in [6.07, 6.45) is 4.71. The third-order valence-corrected chi connectivity index (χ3v) is 5.78. The number of likely N-dealkylation sites (tertiary alicyclic amines) is 1. The molecule has 1 atom stereocenters. The van der Waals surface area contributed by atoms with Gasteiger partial charge in [-0.3, -0.25) is 4.79 Å². The molecule has 4 rings (SSSR count). The summed E-state index contributed by atoms with van der Waals surface area (Å²) in [6, 6.07) is 11.7. The number of aromatic nitrogens is 2. The van der Waals surface area contributed by atoms with Crippen LogP contribution < -0.4 is 4.74 Å². The van der Waals surface area contributed by atoms with Gasteiger partial charge in [-0.15, -0.1) is 11.3 Å². The summed E-state index contributed by atoms with van der Waals surface area (Å²) in [7, 11) is 0. The molecule has 2 aromatic heterocycles. The molecule has 5 nitrogen and oxygen atoms in total. The predicted octanol–water partition coefficient (Wildman–Crippen LogP) is 4.46. The van der Waals surface area contributed by atoms with E-state index in [2.05, 4.69) is 11.1 Å². The molecule has 1 amide bonds. The molecule has 134 valence electrons. The van der Waals surface area contributed by atoms with Crippen molar-refractivity contribution in [3.05, 3.63) is 53.2 Å². The van der Waals surface area contributed by atoms with Crippen LogP contribution in [0.3, 0.4) is 0 Å². The maximum Gasteiger partial charge on any atom is 0.259 e. The van der Waals surface area contributed by atoms with Crippen LogP contribution in [0.15, 0.2) is 42.6 Å². The zero-order chi connectivity index (χ0) is 17.9. The van der Waals surface area contributed by atoms with E-state index in [-0.39, 0.29) is 11.9 Å². The number of nitrogens with zero attached hydrogens (tertiary/aromatic N) is 3. The predicted molar refractivity (Wildman–Crippen MR) is 103 cm³/mol. The first-order chi connectivity index (χ1) is 12.8. The molecule has 0 bridgehead atoms. The van der Waals surface area contributed by atoms with E-state index in [1.807, 2.05) is 30.0 Å². The summed E-state index contributed by atoms with van der Waals surface area (Å²) in [6.45, 7) is 3.12. The second kappa shape index (κ2) is 7.41. The lowest BCUT2D eigenvalue weighted by Crippen LogP contribution is -2.38. The van der Waals surface area contributed by atoms with Crippen LogP contribution in [0.2, 0.25) is 0 Å². The van der Waals surface area contributed by atoms with Gasteiger partial charge in [0.15, 0.2) is 0 Å². The number of para-hydroxylation sites is 1. The van der Waals surface area contributed by atoms with E-state index in [1.165, 1.54) is 0 Å².